The lowest BCUT2D eigenvalue weighted by atomic mass is 9.96. The highest BCUT2D eigenvalue weighted by atomic mass is 19.1. The second-order valence-corrected chi connectivity index (χ2v) is 5.23. The minimum absolute atomic E-state index is 0.0337. The maximum atomic E-state index is 13.8. The van der Waals surface area contributed by atoms with Gasteiger partial charge < -0.3 is 0 Å². The molecule has 3 aromatic carbocycles. The van der Waals surface area contributed by atoms with E-state index in [1.54, 1.807) is 54.6 Å². The Hall–Kier alpha value is -3.00. The van der Waals surface area contributed by atoms with Crippen LogP contribution in [0.5, 0.6) is 0 Å². The van der Waals surface area contributed by atoms with Gasteiger partial charge in [-0.05, 0) is 17.2 Å². The predicted octanol–water partition coefficient (Wildman–Crippen LogP) is 5.12. The third kappa shape index (κ3) is 3.11. The fourth-order valence-corrected chi connectivity index (χ4v) is 2.44. The van der Waals surface area contributed by atoms with Crippen molar-refractivity contribution in [1.29, 1.82) is 0 Å². The van der Waals surface area contributed by atoms with Gasteiger partial charge in [0.2, 0.25) is 0 Å². The Balaban J connectivity index is 1.87. The Morgan fingerprint density at radius 3 is 1.87 bits per heavy atom. The van der Waals surface area contributed by atoms with Crippen LogP contribution in [0.2, 0.25) is 0 Å². The van der Waals surface area contributed by atoms with Gasteiger partial charge in [-0.3, -0.25) is 4.79 Å². The highest BCUT2D eigenvalue weighted by molar-refractivity contribution is 6.09. The van der Waals surface area contributed by atoms with Gasteiger partial charge in [-0.1, -0.05) is 79.4 Å². The van der Waals surface area contributed by atoms with Gasteiger partial charge >= 0.3 is 0 Å². The first-order valence-electron chi connectivity index (χ1n) is 7.31. The summed E-state index contributed by atoms with van der Waals surface area (Å²) in [5.74, 6) is -0.337. The quantitative estimate of drug-likeness (QED) is 0.611. The smallest absolute Gasteiger partial charge is 0.193 e. The summed E-state index contributed by atoms with van der Waals surface area (Å²) in [6, 6.07) is 22.7. The van der Waals surface area contributed by atoms with Crippen molar-refractivity contribution in [3.8, 4) is 0 Å². The van der Waals surface area contributed by atoms with Gasteiger partial charge in [0.15, 0.2) is 5.78 Å². The molecule has 0 unspecified atom stereocenters. The summed E-state index contributed by atoms with van der Waals surface area (Å²) in [4.78, 5) is 12.4. The van der Waals surface area contributed by atoms with Gasteiger partial charge in [-0.2, -0.15) is 0 Å². The number of rotatable bonds is 4. The molecule has 23 heavy (non-hydrogen) atoms. The SMILES string of the molecule is C=C(c1ccc(C(=O)c2ccccc2)cc1)c1ccccc1F. The standard InChI is InChI=1S/C21H15FO/c1-15(19-9-5-6-10-20(19)22)16-11-13-18(14-12-16)21(23)17-7-3-2-4-8-17/h2-14H,1H2. The number of halogens is 1. The molecule has 0 spiro atoms. The van der Waals surface area contributed by atoms with Gasteiger partial charge in [0.25, 0.3) is 0 Å². The summed E-state index contributed by atoms with van der Waals surface area (Å²) >= 11 is 0. The van der Waals surface area contributed by atoms with Crippen LogP contribution in [0.4, 0.5) is 4.39 Å². The van der Waals surface area contributed by atoms with Gasteiger partial charge in [0.05, 0.1) is 0 Å². The van der Waals surface area contributed by atoms with Crippen LogP contribution in [0, 0.1) is 5.82 Å². The van der Waals surface area contributed by atoms with E-state index in [9.17, 15) is 9.18 Å². The van der Waals surface area contributed by atoms with Crippen molar-refractivity contribution < 1.29 is 9.18 Å². The van der Waals surface area contributed by atoms with Crippen LogP contribution >= 0.6 is 0 Å². The Labute approximate surface area is 134 Å². The van der Waals surface area contributed by atoms with Crippen LogP contribution in [-0.4, -0.2) is 5.78 Å². The Morgan fingerprint density at radius 2 is 1.22 bits per heavy atom. The minimum atomic E-state index is -0.304. The monoisotopic (exact) mass is 302 g/mol. The van der Waals surface area contributed by atoms with Gasteiger partial charge in [-0.25, -0.2) is 4.39 Å². The molecule has 1 nitrogen and oxygen atoms in total. The summed E-state index contributed by atoms with van der Waals surface area (Å²) in [7, 11) is 0. The van der Waals surface area contributed by atoms with E-state index in [1.165, 1.54) is 6.07 Å². The summed E-state index contributed by atoms with van der Waals surface area (Å²) in [6.07, 6.45) is 0. The molecule has 0 aromatic heterocycles. The van der Waals surface area contributed by atoms with E-state index < -0.39 is 0 Å². The molecule has 0 aliphatic heterocycles. The molecule has 2 heteroatoms. The third-order valence-electron chi connectivity index (χ3n) is 3.73. The Kier molecular flexibility index (Phi) is 4.15. The fourth-order valence-electron chi connectivity index (χ4n) is 2.44. The molecular formula is C21H15FO. The average molecular weight is 302 g/mol. The lowest BCUT2D eigenvalue weighted by Gasteiger charge is -2.08. The van der Waals surface area contributed by atoms with E-state index in [2.05, 4.69) is 6.58 Å². The summed E-state index contributed by atoms with van der Waals surface area (Å²) in [5.41, 5.74) is 3.10. The predicted molar refractivity (Wildman–Crippen MR) is 90.9 cm³/mol. The maximum Gasteiger partial charge on any atom is 0.193 e. The number of hydrogen-bond donors (Lipinski definition) is 0. The molecule has 0 N–H and O–H groups in total. The van der Waals surface area contributed by atoms with E-state index in [1.807, 2.05) is 18.2 Å². The summed E-state index contributed by atoms with van der Waals surface area (Å²) in [6.45, 7) is 3.96. The van der Waals surface area contributed by atoms with Crippen molar-refractivity contribution in [1.82, 2.24) is 0 Å². The molecule has 0 heterocycles. The highest BCUT2D eigenvalue weighted by Crippen LogP contribution is 2.24. The number of benzene rings is 3. The second kappa shape index (κ2) is 6.41. The second-order valence-electron chi connectivity index (χ2n) is 5.23. The third-order valence-corrected chi connectivity index (χ3v) is 3.73. The van der Waals surface area contributed by atoms with Crippen molar-refractivity contribution in [2.45, 2.75) is 0 Å². The number of carbonyl (C=O) groups is 1. The molecule has 0 aliphatic rings. The highest BCUT2D eigenvalue weighted by Gasteiger charge is 2.11. The van der Waals surface area contributed by atoms with Crippen LogP contribution in [-0.2, 0) is 0 Å². The first-order valence-corrected chi connectivity index (χ1v) is 7.31. The molecule has 0 atom stereocenters. The zero-order chi connectivity index (χ0) is 16.2. The number of hydrogen-bond acceptors (Lipinski definition) is 1. The van der Waals surface area contributed by atoms with Crippen LogP contribution in [0.1, 0.15) is 27.0 Å². The minimum Gasteiger partial charge on any atom is -0.289 e. The first-order chi connectivity index (χ1) is 11.2. The van der Waals surface area contributed by atoms with E-state index in [0.29, 0.717) is 22.3 Å². The molecule has 3 rings (SSSR count). The fraction of sp³-hybridized carbons (Fsp3) is 0. The lowest BCUT2D eigenvalue weighted by molar-refractivity contribution is 0.103. The zero-order valence-corrected chi connectivity index (χ0v) is 12.5. The van der Waals surface area contributed by atoms with Crippen molar-refractivity contribution in [2.24, 2.45) is 0 Å². The molecule has 0 aliphatic carbocycles. The van der Waals surface area contributed by atoms with Crippen LogP contribution in [0.25, 0.3) is 5.57 Å². The largest absolute Gasteiger partial charge is 0.289 e. The van der Waals surface area contributed by atoms with E-state index in [0.717, 1.165) is 5.56 Å². The van der Waals surface area contributed by atoms with Crippen molar-refractivity contribution >= 4 is 11.4 Å². The summed E-state index contributed by atoms with van der Waals surface area (Å²) < 4.78 is 13.8. The topological polar surface area (TPSA) is 17.1 Å². The Morgan fingerprint density at radius 1 is 0.696 bits per heavy atom. The molecule has 0 amide bonds. The van der Waals surface area contributed by atoms with E-state index in [4.69, 9.17) is 0 Å². The van der Waals surface area contributed by atoms with Gasteiger partial charge in [0.1, 0.15) is 5.82 Å². The van der Waals surface area contributed by atoms with Crippen molar-refractivity contribution in [3.63, 3.8) is 0 Å². The molecule has 112 valence electrons. The zero-order valence-electron chi connectivity index (χ0n) is 12.5. The summed E-state index contributed by atoms with van der Waals surface area (Å²) in [5, 5.41) is 0. The van der Waals surface area contributed by atoms with E-state index >= 15 is 0 Å². The molecule has 3 aromatic rings. The van der Waals surface area contributed by atoms with Crippen LogP contribution < -0.4 is 0 Å². The van der Waals surface area contributed by atoms with Crippen LogP contribution in [0.15, 0.2) is 85.4 Å². The lowest BCUT2D eigenvalue weighted by Crippen LogP contribution is -2.01. The normalized spacial score (nSPS) is 10.3. The molecule has 0 saturated carbocycles. The number of ketones is 1. The Bertz CT molecular complexity index is 849. The molecule has 0 radical (unpaired) electrons. The number of carbonyl (C=O) groups excluding carboxylic acids is 1. The maximum absolute atomic E-state index is 13.8. The molecule has 0 saturated heterocycles. The van der Waals surface area contributed by atoms with Gasteiger partial charge in [-0.15, -0.1) is 0 Å². The molecular weight excluding hydrogens is 287 g/mol. The molecule has 0 fully saturated rings. The van der Waals surface area contributed by atoms with Crippen molar-refractivity contribution in [2.75, 3.05) is 0 Å². The van der Waals surface area contributed by atoms with Gasteiger partial charge in [0, 0.05) is 16.7 Å². The molecule has 0 bridgehead atoms. The average Bonchev–Trinajstić information content (AvgIpc) is 2.62. The van der Waals surface area contributed by atoms with Crippen LogP contribution in [0.3, 0.4) is 0 Å². The van der Waals surface area contributed by atoms with E-state index in [-0.39, 0.29) is 11.6 Å². The van der Waals surface area contributed by atoms with Crippen molar-refractivity contribution in [3.05, 3.63) is 114 Å². The first kappa shape index (κ1) is 14.9.